The normalized spacial score (nSPS) is 11.1. The largest absolute Gasteiger partial charge is 0.497 e. The van der Waals surface area contributed by atoms with Gasteiger partial charge in [-0.05, 0) is 25.5 Å². The summed E-state index contributed by atoms with van der Waals surface area (Å²) in [6, 6.07) is 6.94. The van der Waals surface area contributed by atoms with E-state index in [1.165, 1.54) is 0 Å². The Hall–Kier alpha value is -1.46. The maximum absolute atomic E-state index is 11.2. The van der Waals surface area contributed by atoms with Crippen LogP contribution in [0, 0.1) is 0 Å². The van der Waals surface area contributed by atoms with Crippen LogP contribution in [0.5, 0.6) is 11.5 Å². The number of amides is 1. The number of hydrogen-bond acceptors (Lipinski definition) is 4. The number of halogens is 1. The lowest BCUT2D eigenvalue weighted by Crippen LogP contribution is -2.38. The summed E-state index contributed by atoms with van der Waals surface area (Å²) in [4.78, 5) is 11.2. The topological polar surface area (TPSA) is 73.6 Å². The van der Waals surface area contributed by atoms with Crippen LogP contribution in [0.2, 0.25) is 0 Å². The number of carbonyl (C=O) groups is 1. The van der Waals surface area contributed by atoms with Gasteiger partial charge in [0.05, 0.1) is 19.8 Å². The van der Waals surface area contributed by atoms with Gasteiger partial charge in [0.2, 0.25) is 5.91 Å². The number of rotatable bonds is 7. The highest BCUT2D eigenvalue weighted by Crippen LogP contribution is 2.18. The molecule has 1 atom stereocenters. The summed E-state index contributed by atoms with van der Waals surface area (Å²) >= 11 is 0. The van der Waals surface area contributed by atoms with E-state index < -0.39 is 6.04 Å². The maximum Gasteiger partial charge on any atom is 0.236 e. The summed E-state index contributed by atoms with van der Waals surface area (Å²) in [6.07, 6.45) is 0.732. The Morgan fingerprint density at radius 1 is 1.42 bits per heavy atom. The number of nitrogens with one attached hydrogen (secondary N) is 1. The molecule has 108 valence electrons. The maximum atomic E-state index is 11.2. The third-order valence-corrected chi connectivity index (χ3v) is 2.34. The molecule has 0 aromatic heterocycles. The van der Waals surface area contributed by atoms with E-state index in [9.17, 15) is 4.79 Å². The second kappa shape index (κ2) is 9.47. The smallest absolute Gasteiger partial charge is 0.236 e. The molecule has 1 aromatic rings. The predicted octanol–water partition coefficient (Wildman–Crippen LogP) is 1.35. The molecule has 0 saturated carbocycles. The van der Waals surface area contributed by atoms with Gasteiger partial charge in [-0.25, -0.2) is 0 Å². The lowest BCUT2D eigenvalue weighted by atomic mass is 10.3. The van der Waals surface area contributed by atoms with Crippen LogP contribution < -0.4 is 20.5 Å². The van der Waals surface area contributed by atoms with Crippen molar-refractivity contribution in [1.29, 1.82) is 0 Å². The van der Waals surface area contributed by atoms with Gasteiger partial charge in [-0.3, -0.25) is 4.79 Å². The highest BCUT2D eigenvalue weighted by atomic mass is 35.5. The van der Waals surface area contributed by atoms with E-state index in [0.29, 0.717) is 13.2 Å². The minimum Gasteiger partial charge on any atom is -0.497 e. The molecule has 0 fully saturated rings. The monoisotopic (exact) mass is 288 g/mol. The molecule has 0 saturated heterocycles. The van der Waals surface area contributed by atoms with Crippen molar-refractivity contribution in [3.8, 4) is 11.5 Å². The van der Waals surface area contributed by atoms with Gasteiger partial charge in [-0.2, -0.15) is 0 Å². The summed E-state index contributed by atoms with van der Waals surface area (Å²) in [6.45, 7) is 2.75. The Morgan fingerprint density at radius 3 is 2.74 bits per heavy atom. The van der Waals surface area contributed by atoms with Crippen molar-refractivity contribution in [3.63, 3.8) is 0 Å². The van der Waals surface area contributed by atoms with Gasteiger partial charge in [-0.1, -0.05) is 6.07 Å². The standard InChI is InChI=1S/C13H20N2O3.ClH/c1-10(14)13(16)15-7-4-8-18-12-6-3-5-11(9-12)17-2;/h3,5-6,9-10H,4,7-8,14H2,1-2H3,(H,15,16);1H. The van der Waals surface area contributed by atoms with E-state index in [4.69, 9.17) is 15.2 Å². The van der Waals surface area contributed by atoms with Gasteiger partial charge in [0.25, 0.3) is 0 Å². The van der Waals surface area contributed by atoms with Gasteiger partial charge < -0.3 is 20.5 Å². The molecule has 3 N–H and O–H groups in total. The number of ether oxygens (including phenoxy) is 2. The summed E-state index contributed by atoms with van der Waals surface area (Å²) in [5.74, 6) is 1.38. The first-order valence-corrected chi connectivity index (χ1v) is 5.93. The first kappa shape index (κ1) is 17.5. The molecule has 5 nitrogen and oxygen atoms in total. The second-order valence-electron chi connectivity index (χ2n) is 3.96. The minimum absolute atomic E-state index is 0. The number of carbonyl (C=O) groups excluding carboxylic acids is 1. The van der Waals surface area contributed by atoms with Crippen LogP contribution in [0.15, 0.2) is 24.3 Å². The van der Waals surface area contributed by atoms with Crippen molar-refractivity contribution in [1.82, 2.24) is 5.32 Å². The first-order chi connectivity index (χ1) is 8.63. The summed E-state index contributed by atoms with van der Waals surface area (Å²) < 4.78 is 10.6. The zero-order valence-corrected chi connectivity index (χ0v) is 12.0. The number of nitrogens with two attached hydrogens (primary N) is 1. The minimum atomic E-state index is -0.468. The third kappa shape index (κ3) is 6.88. The molecule has 0 aliphatic heterocycles. The molecular weight excluding hydrogens is 268 g/mol. The number of methoxy groups -OCH3 is 1. The van der Waals surface area contributed by atoms with Crippen molar-refractivity contribution in [2.75, 3.05) is 20.3 Å². The zero-order valence-electron chi connectivity index (χ0n) is 11.2. The summed E-state index contributed by atoms with van der Waals surface area (Å²) in [7, 11) is 1.61. The van der Waals surface area contributed by atoms with E-state index in [1.807, 2.05) is 24.3 Å². The number of hydrogen-bond donors (Lipinski definition) is 2. The van der Waals surface area contributed by atoms with Crippen molar-refractivity contribution in [2.24, 2.45) is 5.73 Å². The van der Waals surface area contributed by atoms with Crippen LogP contribution >= 0.6 is 12.4 Å². The third-order valence-electron chi connectivity index (χ3n) is 2.34. The fourth-order valence-corrected chi connectivity index (χ4v) is 1.33. The molecular formula is C13H21ClN2O3. The first-order valence-electron chi connectivity index (χ1n) is 5.93. The van der Waals surface area contributed by atoms with Gasteiger partial charge in [-0.15, -0.1) is 12.4 Å². The average Bonchev–Trinajstić information content (AvgIpc) is 2.38. The fourth-order valence-electron chi connectivity index (χ4n) is 1.33. The Bertz CT molecular complexity index is 386. The fraction of sp³-hybridized carbons (Fsp3) is 0.462. The molecule has 1 rings (SSSR count). The highest BCUT2D eigenvalue weighted by molar-refractivity contribution is 5.85. The molecule has 6 heteroatoms. The van der Waals surface area contributed by atoms with E-state index in [-0.39, 0.29) is 18.3 Å². The lowest BCUT2D eigenvalue weighted by Gasteiger charge is -2.09. The highest BCUT2D eigenvalue weighted by Gasteiger charge is 2.05. The number of benzene rings is 1. The van der Waals surface area contributed by atoms with E-state index in [1.54, 1.807) is 14.0 Å². The molecule has 19 heavy (non-hydrogen) atoms. The quantitative estimate of drug-likeness (QED) is 0.743. The average molecular weight is 289 g/mol. The molecule has 0 aliphatic rings. The molecule has 1 unspecified atom stereocenters. The molecule has 0 radical (unpaired) electrons. The van der Waals surface area contributed by atoms with E-state index in [2.05, 4.69) is 5.32 Å². The Morgan fingerprint density at radius 2 is 2.11 bits per heavy atom. The van der Waals surface area contributed by atoms with E-state index >= 15 is 0 Å². The van der Waals surface area contributed by atoms with E-state index in [0.717, 1.165) is 17.9 Å². The molecule has 0 bridgehead atoms. The van der Waals surface area contributed by atoms with Crippen molar-refractivity contribution in [3.05, 3.63) is 24.3 Å². The molecule has 0 aliphatic carbocycles. The Kier molecular flexibility index (Phi) is 8.74. The summed E-state index contributed by atoms with van der Waals surface area (Å²) in [5.41, 5.74) is 5.42. The van der Waals surface area contributed by atoms with Crippen molar-refractivity contribution < 1.29 is 14.3 Å². The Balaban J connectivity index is 0.00000324. The van der Waals surface area contributed by atoms with Gasteiger partial charge in [0.1, 0.15) is 11.5 Å². The van der Waals surface area contributed by atoms with Crippen LogP contribution in [-0.4, -0.2) is 32.2 Å². The van der Waals surface area contributed by atoms with Crippen molar-refractivity contribution >= 4 is 18.3 Å². The van der Waals surface area contributed by atoms with Crippen molar-refractivity contribution in [2.45, 2.75) is 19.4 Å². The molecule has 1 aromatic carbocycles. The lowest BCUT2D eigenvalue weighted by molar-refractivity contribution is -0.121. The SMILES string of the molecule is COc1cccc(OCCCNC(=O)C(C)N)c1.Cl. The molecule has 1 amide bonds. The molecule has 0 spiro atoms. The predicted molar refractivity (Wildman–Crippen MR) is 77.0 cm³/mol. The Labute approximate surface area is 119 Å². The van der Waals surface area contributed by atoms with Gasteiger partial charge >= 0.3 is 0 Å². The zero-order chi connectivity index (χ0) is 13.4. The van der Waals surface area contributed by atoms with Gasteiger partial charge in [0, 0.05) is 12.6 Å². The van der Waals surface area contributed by atoms with Crippen LogP contribution in [0.25, 0.3) is 0 Å². The van der Waals surface area contributed by atoms with Crippen LogP contribution in [0.3, 0.4) is 0 Å². The van der Waals surface area contributed by atoms with Gasteiger partial charge in [0.15, 0.2) is 0 Å². The van der Waals surface area contributed by atoms with Crippen LogP contribution in [-0.2, 0) is 4.79 Å². The van der Waals surface area contributed by atoms with Crippen LogP contribution in [0.4, 0.5) is 0 Å². The molecule has 0 heterocycles. The second-order valence-corrected chi connectivity index (χ2v) is 3.96. The van der Waals surface area contributed by atoms with Crippen LogP contribution in [0.1, 0.15) is 13.3 Å². The summed E-state index contributed by atoms with van der Waals surface area (Å²) in [5, 5.41) is 2.72.